The molecule has 0 saturated heterocycles. The smallest absolute Gasteiger partial charge is 0.251 e. The number of halogens is 2. The lowest BCUT2D eigenvalue weighted by atomic mass is 9.82. The first-order valence-electron chi connectivity index (χ1n) is 12.1. The van der Waals surface area contributed by atoms with Gasteiger partial charge in [-0.2, -0.15) is 0 Å². The van der Waals surface area contributed by atoms with E-state index in [4.69, 9.17) is 19.9 Å². The zero-order valence-electron chi connectivity index (χ0n) is 21.7. The van der Waals surface area contributed by atoms with E-state index in [2.05, 4.69) is 10.3 Å². The van der Waals surface area contributed by atoms with Crippen molar-refractivity contribution >= 4 is 11.8 Å². The second-order valence-electron chi connectivity index (χ2n) is 9.58. The standard InChI is InChI=1S/C28H29F2N3O6/c1-27(26(31)35)15-39-24-19(27)13-22(33-23(24)16-4-7-18(30)8-5-16)28(2,36)14-32-25(34)17-6-9-20(38-11-10-29)21(12-17)37-3/h4-9,12-13,36H,10-11,14-15H2,1-3H3,(H2,31,35)(H,32,34)/t27-,28-/m0/s1. The quantitative estimate of drug-likeness (QED) is 0.359. The molecule has 1 aliphatic heterocycles. The van der Waals surface area contributed by atoms with Crippen LogP contribution in [0.5, 0.6) is 17.2 Å². The maximum Gasteiger partial charge on any atom is 0.251 e. The van der Waals surface area contributed by atoms with Crippen molar-refractivity contribution in [3.63, 3.8) is 0 Å². The molecule has 4 rings (SSSR count). The third-order valence-corrected chi connectivity index (χ3v) is 6.64. The Bertz CT molecular complexity index is 1400. The largest absolute Gasteiger partial charge is 0.493 e. The van der Waals surface area contributed by atoms with E-state index < -0.39 is 35.3 Å². The molecule has 0 unspecified atom stereocenters. The van der Waals surface area contributed by atoms with Crippen molar-refractivity contribution in [2.45, 2.75) is 24.9 Å². The Morgan fingerprint density at radius 3 is 2.56 bits per heavy atom. The summed E-state index contributed by atoms with van der Waals surface area (Å²) in [6, 6.07) is 11.5. The molecule has 2 amide bonds. The summed E-state index contributed by atoms with van der Waals surface area (Å²) in [7, 11) is 1.39. The Kier molecular flexibility index (Phi) is 7.73. The number of nitrogens with one attached hydrogen (secondary N) is 1. The van der Waals surface area contributed by atoms with E-state index >= 15 is 0 Å². The number of amides is 2. The fourth-order valence-corrected chi connectivity index (χ4v) is 4.19. The van der Waals surface area contributed by atoms with Crippen LogP contribution in [0.25, 0.3) is 11.3 Å². The van der Waals surface area contributed by atoms with Gasteiger partial charge in [0.1, 0.15) is 48.2 Å². The average molecular weight is 542 g/mol. The molecule has 3 aromatic rings. The number of hydrogen-bond acceptors (Lipinski definition) is 7. The van der Waals surface area contributed by atoms with Gasteiger partial charge >= 0.3 is 0 Å². The van der Waals surface area contributed by atoms with Gasteiger partial charge in [-0.3, -0.25) is 9.59 Å². The summed E-state index contributed by atoms with van der Waals surface area (Å²) in [4.78, 5) is 29.9. The molecule has 0 fully saturated rings. The summed E-state index contributed by atoms with van der Waals surface area (Å²) in [5.74, 6) is -0.733. The molecule has 39 heavy (non-hydrogen) atoms. The molecule has 4 N–H and O–H groups in total. The number of pyridine rings is 1. The fourth-order valence-electron chi connectivity index (χ4n) is 4.19. The monoisotopic (exact) mass is 541 g/mol. The van der Waals surface area contributed by atoms with Crippen molar-refractivity contribution < 1.29 is 37.7 Å². The van der Waals surface area contributed by atoms with Crippen molar-refractivity contribution in [1.29, 1.82) is 0 Å². The van der Waals surface area contributed by atoms with Gasteiger partial charge in [0.2, 0.25) is 5.91 Å². The zero-order chi connectivity index (χ0) is 28.4. The number of ether oxygens (including phenoxy) is 3. The number of aromatic nitrogens is 1. The molecule has 2 heterocycles. The van der Waals surface area contributed by atoms with Crippen LogP contribution in [0.1, 0.15) is 35.5 Å². The number of methoxy groups -OCH3 is 1. The zero-order valence-corrected chi connectivity index (χ0v) is 21.7. The highest BCUT2D eigenvalue weighted by Gasteiger charge is 2.45. The minimum atomic E-state index is -1.70. The van der Waals surface area contributed by atoms with Crippen LogP contribution in [-0.4, -0.2) is 55.4 Å². The van der Waals surface area contributed by atoms with E-state index in [9.17, 15) is 23.5 Å². The van der Waals surface area contributed by atoms with Crippen LogP contribution < -0.4 is 25.3 Å². The van der Waals surface area contributed by atoms with Gasteiger partial charge in [0.25, 0.3) is 5.91 Å². The first-order valence-corrected chi connectivity index (χ1v) is 12.1. The highest BCUT2D eigenvalue weighted by molar-refractivity contribution is 5.95. The van der Waals surface area contributed by atoms with E-state index in [0.717, 1.165) is 0 Å². The van der Waals surface area contributed by atoms with Crippen molar-refractivity contribution in [3.8, 4) is 28.5 Å². The number of carbonyl (C=O) groups is 2. The number of hydrogen-bond donors (Lipinski definition) is 3. The number of carbonyl (C=O) groups excluding carboxylic acids is 2. The van der Waals surface area contributed by atoms with Crippen LogP contribution in [0.2, 0.25) is 0 Å². The summed E-state index contributed by atoms with van der Waals surface area (Å²) in [6.45, 7) is 1.98. The number of rotatable bonds is 10. The number of alkyl halides is 1. The van der Waals surface area contributed by atoms with Gasteiger partial charge in [-0.1, -0.05) is 0 Å². The van der Waals surface area contributed by atoms with Crippen LogP contribution in [0.3, 0.4) is 0 Å². The molecule has 11 heteroatoms. The van der Waals surface area contributed by atoms with Crippen molar-refractivity contribution in [1.82, 2.24) is 10.3 Å². The lowest BCUT2D eigenvalue weighted by Crippen LogP contribution is -2.41. The Hall–Kier alpha value is -4.25. The van der Waals surface area contributed by atoms with E-state index in [-0.39, 0.29) is 42.5 Å². The van der Waals surface area contributed by atoms with Crippen molar-refractivity contribution in [2.75, 3.05) is 33.5 Å². The summed E-state index contributed by atoms with van der Waals surface area (Å²) < 4.78 is 42.4. The normalized spacial score (nSPS) is 17.5. The second-order valence-corrected chi connectivity index (χ2v) is 9.58. The molecule has 1 aliphatic rings. The Labute approximate surface area is 223 Å². The van der Waals surface area contributed by atoms with Crippen LogP contribution in [0.15, 0.2) is 48.5 Å². The molecule has 0 bridgehead atoms. The van der Waals surface area contributed by atoms with E-state index in [1.165, 1.54) is 62.6 Å². The SMILES string of the molecule is COc1cc(C(=O)NC[C@](C)(O)c2cc3c(c(-c4ccc(F)cc4)n2)OC[C@]3(C)C(N)=O)ccc1OCCF. The predicted molar refractivity (Wildman–Crippen MR) is 138 cm³/mol. The predicted octanol–water partition coefficient (Wildman–Crippen LogP) is 3.02. The summed E-state index contributed by atoms with van der Waals surface area (Å²) in [5.41, 5.74) is 4.40. The molecule has 0 saturated carbocycles. The molecule has 0 aliphatic carbocycles. The Morgan fingerprint density at radius 2 is 1.92 bits per heavy atom. The molecular weight excluding hydrogens is 512 g/mol. The van der Waals surface area contributed by atoms with E-state index in [0.29, 0.717) is 22.6 Å². The minimum Gasteiger partial charge on any atom is -0.493 e. The maximum atomic E-state index is 13.6. The fraction of sp³-hybridized carbons (Fsp3) is 0.321. The molecule has 9 nitrogen and oxygen atoms in total. The highest BCUT2D eigenvalue weighted by Crippen LogP contribution is 2.45. The number of nitrogens with two attached hydrogens (primary N) is 1. The third-order valence-electron chi connectivity index (χ3n) is 6.64. The summed E-state index contributed by atoms with van der Waals surface area (Å²) >= 11 is 0. The van der Waals surface area contributed by atoms with Crippen LogP contribution >= 0.6 is 0 Å². The Balaban J connectivity index is 1.64. The van der Waals surface area contributed by atoms with Crippen LogP contribution in [0, 0.1) is 5.82 Å². The molecule has 1 aromatic heterocycles. The molecule has 0 radical (unpaired) electrons. The van der Waals surface area contributed by atoms with Gasteiger partial charge < -0.3 is 30.4 Å². The van der Waals surface area contributed by atoms with Crippen LogP contribution in [-0.2, 0) is 15.8 Å². The van der Waals surface area contributed by atoms with Crippen molar-refractivity contribution in [2.24, 2.45) is 5.73 Å². The number of aliphatic hydroxyl groups is 1. The number of fused-ring (bicyclic) bond motifs is 1. The molecular formula is C28H29F2N3O6. The molecule has 0 spiro atoms. The van der Waals surface area contributed by atoms with Crippen molar-refractivity contribution in [3.05, 3.63) is 71.2 Å². The maximum absolute atomic E-state index is 13.6. The van der Waals surface area contributed by atoms with Gasteiger partial charge in [0.05, 0.1) is 19.3 Å². The second kappa shape index (κ2) is 10.9. The highest BCUT2D eigenvalue weighted by atomic mass is 19.1. The van der Waals surface area contributed by atoms with Crippen LogP contribution in [0.4, 0.5) is 8.78 Å². The summed E-state index contributed by atoms with van der Waals surface area (Å²) in [5, 5.41) is 14.1. The topological polar surface area (TPSA) is 133 Å². The summed E-state index contributed by atoms with van der Waals surface area (Å²) in [6.07, 6.45) is 0. The van der Waals surface area contributed by atoms with Gasteiger partial charge in [0.15, 0.2) is 11.5 Å². The van der Waals surface area contributed by atoms with Gasteiger partial charge in [-0.25, -0.2) is 13.8 Å². The van der Waals surface area contributed by atoms with E-state index in [1.54, 1.807) is 6.92 Å². The lowest BCUT2D eigenvalue weighted by Gasteiger charge is -2.26. The minimum absolute atomic E-state index is 0.0251. The molecule has 206 valence electrons. The number of nitrogens with zero attached hydrogens (tertiary/aromatic N) is 1. The molecule has 2 aromatic carbocycles. The Morgan fingerprint density at radius 1 is 1.21 bits per heavy atom. The number of benzene rings is 2. The third kappa shape index (κ3) is 5.49. The van der Waals surface area contributed by atoms with E-state index in [1.807, 2.05) is 0 Å². The van der Waals surface area contributed by atoms with Gasteiger partial charge in [-0.05, 0) is 62.4 Å². The first-order chi connectivity index (χ1) is 18.5. The van der Waals surface area contributed by atoms with Gasteiger partial charge in [-0.15, -0.1) is 0 Å². The van der Waals surface area contributed by atoms with Gasteiger partial charge in [0, 0.05) is 16.7 Å². The average Bonchev–Trinajstić information content (AvgIpc) is 3.28. The molecule has 2 atom stereocenters. The first kappa shape index (κ1) is 27.8. The lowest BCUT2D eigenvalue weighted by molar-refractivity contribution is -0.123. The number of primary amides is 1.